The molecule has 4 heteroatoms. The van der Waals surface area contributed by atoms with Gasteiger partial charge in [0.25, 0.3) is 0 Å². The van der Waals surface area contributed by atoms with E-state index in [1.807, 2.05) is 31.2 Å². The Bertz CT molecular complexity index is 1240. The van der Waals surface area contributed by atoms with E-state index in [1.54, 1.807) is 13.4 Å². The molecular formula is C23H20O4. The van der Waals surface area contributed by atoms with Crippen LogP contribution in [-0.4, -0.2) is 7.11 Å². The monoisotopic (exact) mass is 360 g/mol. The maximum atomic E-state index is 12.4. The number of aryl methyl sites for hydroxylation is 2. The summed E-state index contributed by atoms with van der Waals surface area (Å²) in [6.45, 7) is 2.03. The number of hydrogen-bond donors (Lipinski definition) is 0. The number of ether oxygens (including phenoxy) is 1. The Kier molecular flexibility index (Phi) is 3.61. The van der Waals surface area contributed by atoms with Crippen LogP contribution < -0.4 is 10.4 Å². The summed E-state index contributed by atoms with van der Waals surface area (Å²) in [6.07, 6.45) is 5.60. The molecule has 0 aliphatic heterocycles. The van der Waals surface area contributed by atoms with Crippen molar-refractivity contribution < 1.29 is 13.6 Å². The summed E-state index contributed by atoms with van der Waals surface area (Å²) in [7, 11) is 1.67. The molecule has 1 aliphatic rings. The molecule has 4 aromatic rings. The number of methoxy groups -OCH3 is 1. The number of fused-ring (bicyclic) bond motifs is 5. The Hall–Kier alpha value is -3.01. The third-order valence-electron chi connectivity index (χ3n) is 5.61. The fourth-order valence-corrected chi connectivity index (χ4v) is 4.32. The molecule has 0 fully saturated rings. The van der Waals surface area contributed by atoms with E-state index in [2.05, 4.69) is 6.07 Å². The summed E-state index contributed by atoms with van der Waals surface area (Å²) < 4.78 is 17.1. The highest BCUT2D eigenvalue weighted by molar-refractivity contribution is 6.11. The van der Waals surface area contributed by atoms with E-state index in [-0.39, 0.29) is 5.63 Å². The first-order valence-electron chi connectivity index (χ1n) is 9.31. The van der Waals surface area contributed by atoms with Crippen LogP contribution in [-0.2, 0) is 12.8 Å². The van der Waals surface area contributed by atoms with Gasteiger partial charge >= 0.3 is 5.63 Å². The maximum Gasteiger partial charge on any atom is 0.339 e. The molecule has 2 aromatic carbocycles. The second-order valence-electron chi connectivity index (χ2n) is 7.21. The van der Waals surface area contributed by atoms with Crippen LogP contribution in [0.3, 0.4) is 0 Å². The van der Waals surface area contributed by atoms with Gasteiger partial charge in [-0.25, -0.2) is 4.79 Å². The SMILES string of the molecule is COc1cccc(-c2coc3c2c(C)cc2oc(=O)c4c(c23)CCCC4)c1. The molecule has 0 saturated carbocycles. The van der Waals surface area contributed by atoms with Crippen LogP contribution in [0.2, 0.25) is 0 Å². The van der Waals surface area contributed by atoms with E-state index in [0.717, 1.165) is 75.6 Å². The molecule has 0 radical (unpaired) electrons. The Morgan fingerprint density at radius 1 is 1.04 bits per heavy atom. The smallest absolute Gasteiger partial charge is 0.339 e. The van der Waals surface area contributed by atoms with Crippen LogP contribution in [0.25, 0.3) is 33.1 Å². The van der Waals surface area contributed by atoms with Gasteiger partial charge in [-0.3, -0.25) is 0 Å². The molecule has 5 rings (SSSR count). The van der Waals surface area contributed by atoms with Gasteiger partial charge in [0.2, 0.25) is 0 Å². The topological polar surface area (TPSA) is 52.6 Å². The van der Waals surface area contributed by atoms with Crippen molar-refractivity contribution in [3.63, 3.8) is 0 Å². The molecule has 0 N–H and O–H groups in total. The number of rotatable bonds is 2. The summed E-state index contributed by atoms with van der Waals surface area (Å²) in [5.41, 5.74) is 6.25. The van der Waals surface area contributed by atoms with Crippen molar-refractivity contribution >= 4 is 21.9 Å². The highest BCUT2D eigenvalue weighted by Gasteiger charge is 2.23. The van der Waals surface area contributed by atoms with E-state index < -0.39 is 0 Å². The van der Waals surface area contributed by atoms with E-state index in [4.69, 9.17) is 13.6 Å². The highest BCUT2D eigenvalue weighted by Crippen LogP contribution is 2.40. The summed E-state index contributed by atoms with van der Waals surface area (Å²) in [4.78, 5) is 12.4. The number of furan rings is 1. The maximum absolute atomic E-state index is 12.4. The molecule has 0 amide bonds. The van der Waals surface area contributed by atoms with Gasteiger partial charge in [-0.1, -0.05) is 12.1 Å². The van der Waals surface area contributed by atoms with Gasteiger partial charge in [-0.05, 0) is 67.5 Å². The largest absolute Gasteiger partial charge is 0.497 e. The number of benzene rings is 2. The summed E-state index contributed by atoms with van der Waals surface area (Å²) in [5.74, 6) is 0.809. The minimum Gasteiger partial charge on any atom is -0.497 e. The summed E-state index contributed by atoms with van der Waals surface area (Å²) in [5, 5.41) is 2.02. The highest BCUT2D eigenvalue weighted by atomic mass is 16.5. The number of hydrogen-bond acceptors (Lipinski definition) is 4. The molecule has 0 atom stereocenters. The molecule has 27 heavy (non-hydrogen) atoms. The molecule has 2 heterocycles. The van der Waals surface area contributed by atoms with Crippen LogP contribution in [0.1, 0.15) is 29.5 Å². The minimum atomic E-state index is -0.199. The molecule has 2 aromatic heterocycles. The van der Waals surface area contributed by atoms with Gasteiger partial charge in [-0.2, -0.15) is 0 Å². The fourth-order valence-electron chi connectivity index (χ4n) is 4.32. The molecule has 4 nitrogen and oxygen atoms in total. The standard InChI is InChI=1S/C23H20O4/c1-13-10-19-21(16-8-3-4-9-17(16)23(24)27-19)22-20(13)18(12-26-22)14-6-5-7-15(11-14)25-2/h5-7,10-12H,3-4,8-9H2,1-2H3. The third-order valence-corrected chi connectivity index (χ3v) is 5.61. The van der Waals surface area contributed by atoms with Gasteiger partial charge in [0.05, 0.1) is 18.8 Å². The van der Waals surface area contributed by atoms with Crippen molar-refractivity contribution in [2.45, 2.75) is 32.6 Å². The van der Waals surface area contributed by atoms with Crippen molar-refractivity contribution in [1.82, 2.24) is 0 Å². The zero-order chi connectivity index (χ0) is 18.5. The van der Waals surface area contributed by atoms with Crippen molar-refractivity contribution in [2.24, 2.45) is 0 Å². The summed E-state index contributed by atoms with van der Waals surface area (Å²) >= 11 is 0. The Labute approximate surface area is 156 Å². The zero-order valence-electron chi connectivity index (χ0n) is 15.4. The molecule has 0 saturated heterocycles. The second-order valence-corrected chi connectivity index (χ2v) is 7.21. The van der Waals surface area contributed by atoms with E-state index in [0.29, 0.717) is 5.58 Å². The quantitative estimate of drug-likeness (QED) is 0.449. The van der Waals surface area contributed by atoms with Gasteiger partial charge in [0.1, 0.15) is 16.9 Å². The van der Waals surface area contributed by atoms with E-state index in [1.165, 1.54) is 0 Å². The first-order chi connectivity index (χ1) is 13.2. The lowest BCUT2D eigenvalue weighted by Gasteiger charge is -2.16. The molecular weight excluding hydrogens is 340 g/mol. The first-order valence-corrected chi connectivity index (χ1v) is 9.31. The van der Waals surface area contributed by atoms with Crippen molar-refractivity contribution in [1.29, 1.82) is 0 Å². The Morgan fingerprint density at radius 2 is 1.85 bits per heavy atom. The lowest BCUT2D eigenvalue weighted by Crippen LogP contribution is -2.15. The Balaban J connectivity index is 1.87. The summed E-state index contributed by atoms with van der Waals surface area (Å²) in [6, 6.07) is 9.93. The van der Waals surface area contributed by atoms with Crippen molar-refractivity contribution in [3.8, 4) is 16.9 Å². The molecule has 0 spiro atoms. The Morgan fingerprint density at radius 3 is 2.67 bits per heavy atom. The molecule has 1 aliphatic carbocycles. The predicted octanol–water partition coefficient (Wildman–Crippen LogP) is 5.40. The predicted molar refractivity (Wildman–Crippen MR) is 106 cm³/mol. The van der Waals surface area contributed by atoms with Crippen molar-refractivity contribution in [3.05, 3.63) is 63.7 Å². The normalized spacial score (nSPS) is 13.9. The average Bonchev–Trinajstić information content (AvgIpc) is 3.14. The van der Waals surface area contributed by atoms with Gasteiger partial charge in [-0.15, -0.1) is 0 Å². The first kappa shape index (κ1) is 16.2. The zero-order valence-corrected chi connectivity index (χ0v) is 15.4. The average molecular weight is 360 g/mol. The lowest BCUT2D eigenvalue weighted by atomic mass is 9.89. The fraction of sp³-hybridized carbons (Fsp3) is 0.261. The second kappa shape index (κ2) is 6.02. The third kappa shape index (κ3) is 2.40. The van der Waals surface area contributed by atoms with Crippen LogP contribution in [0.4, 0.5) is 0 Å². The van der Waals surface area contributed by atoms with Gasteiger partial charge < -0.3 is 13.6 Å². The van der Waals surface area contributed by atoms with E-state index in [9.17, 15) is 4.79 Å². The van der Waals surface area contributed by atoms with Crippen LogP contribution >= 0.6 is 0 Å². The molecule has 136 valence electrons. The van der Waals surface area contributed by atoms with Crippen molar-refractivity contribution in [2.75, 3.05) is 7.11 Å². The van der Waals surface area contributed by atoms with Gasteiger partial charge in [0.15, 0.2) is 0 Å². The van der Waals surface area contributed by atoms with E-state index >= 15 is 0 Å². The molecule has 0 unspecified atom stereocenters. The van der Waals surface area contributed by atoms with Crippen LogP contribution in [0, 0.1) is 6.92 Å². The van der Waals surface area contributed by atoms with Crippen LogP contribution in [0.15, 0.2) is 50.2 Å². The molecule has 0 bridgehead atoms. The lowest BCUT2D eigenvalue weighted by molar-refractivity contribution is 0.415. The van der Waals surface area contributed by atoms with Gasteiger partial charge in [0, 0.05) is 16.5 Å². The van der Waals surface area contributed by atoms with Crippen LogP contribution in [0.5, 0.6) is 5.75 Å². The minimum absolute atomic E-state index is 0.199.